The Labute approximate surface area is 173 Å². The third-order valence-electron chi connectivity index (χ3n) is 4.56. The number of aliphatic hydroxyl groups excluding tert-OH is 2. The molecule has 0 aliphatic carbocycles. The molecule has 30 heavy (non-hydrogen) atoms. The van der Waals surface area contributed by atoms with Crippen molar-refractivity contribution in [3.63, 3.8) is 0 Å². The number of hydrogen-bond donors (Lipinski definition) is 3. The molecule has 4 rings (SSSR count). The number of fused-ring (bicyclic) bond motifs is 1. The van der Waals surface area contributed by atoms with Crippen LogP contribution in [-0.4, -0.2) is 51.8 Å². The van der Waals surface area contributed by atoms with Gasteiger partial charge in [0.1, 0.15) is 5.82 Å². The summed E-state index contributed by atoms with van der Waals surface area (Å²) in [5.74, 6) is 0.709. The van der Waals surface area contributed by atoms with E-state index < -0.39 is 22.7 Å². The molecular formula is C21H20N4O4S. The Bertz CT molecular complexity index is 1260. The molecule has 1 atom stereocenters. The van der Waals surface area contributed by atoms with Crippen LogP contribution in [0.15, 0.2) is 77.8 Å². The Balaban J connectivity index is 1.90. The first-order chi connectivity index (χ1) is 14.5. The lowest BCUT2D eigenvalue weighted by Gasteiger charge is -2.13. The molecule has 8 nitrogen and oxygen atoms in total. The van der Waals surface area contributed by atoms with Crippen molar-refractivity contribution in [2.24, 2.45) is 0 Å². The monoisotopic (exact) mass is 424 g/mol. The summed E-state index contributed by atoms with van der Waals surface area (Å²) in [4.78, 5) is 9.19. The summed E-state index contributed by atoms with van der Waals surface area (Å²) in [6, 6.07) is 18.9. The zero-order valence-electron chi connectivity index (χ0n) is 15.9. The van der Waals surface area contributed by atoms with Crippen LogP contribution in [0, 0.1) is 0 Å². The lowest BCUT2D eigenvalue weighted by molar-refractivity contribution is 0.105. The van der Waals surface area contributed by atoms with Crippen molar-refractivity contribution in [2.45, 2.75) is 11.0 Å². The van der Waals surface area contributed by atoms with E-state index in [2.05, 4.69) is 15.3 Å². The zero-order valence-corrected chi connectivity index (χ0v) is 16.7. The average Bonchev–Trinajstić information content (AvgIpc) is 3.23. The zero-order chi connectivity index (χ0) is 21.1. The highest BCUT2D eigenvalue weighted by atomic mass is 32.2. The summed E-state index contributed by atoms with van der Waals surface area (Å²) in [6.45, 7) is -0.358. The van der Waals surface area contributed by atoms with Crippen molar-refractivity contribution >= 4 is 26.9 Å². The summed E-state index contributed by atoms with van der Waals surface area (Å²) >= 11 is 0. The summed E-state index contributed by atoms with van der Waals surface area (Å²) in [7, 11) is -3.86. The molecule has 0 unspecified atom stereocenters. The standard InChI is InChI=1S/C21H20N4O4S/c26-14-16(27)13-22-20-18-11-12-25(30(28,29)17-9-5-2-6-10-17)21(18)24-19(23-20)15-7-3-1-4-8-15/h1-12,16,26-27H,13-14H2,(H,22,23,24)/t16-/m0/s1. The minimum absolute atomic E-state index is 0.0491. The maximum absolute atomic E-state index is 13.2. The van der Waals surface area contributed by atoms with Gasteiger partial charge >= 0.3 is 0 Å². The quantitative estimate of drug-likeness (QED) is 0.416. The summed E-state index contributed by atoms with van der Waals surface area (Å²) < 4.78 is 27.5. The SMILES string of the molecule is O=S(=O)(c1ccccc1)n1ccc2c(NC[C@H](O)CO)nc(-c3ccccc3)nc21. The van der Waals surface area contributed by atoms with E-state index in [-0.39, 0.29) is 17.1 Å². The highest BCUT2D eigenvalue weighted by Crippen LogP contribution is 2.28. The third-order valence-corrected chi connectivity index (χ3v) is 6.24. The molecule has 0 amide bonds. The van der Waals surface area contributed by atoms with Crippen molar-refractivity contribution < 1.29 is 18.6 Å². The summed E-state index contributed by atoms with van der Waals surface area (Å²) in [5, 5.41) is 22.3. The van der Waals surface area contributed by atoms with Gasteiger partial charge in [0, 0.05) is 18.3 Å². The molecule has 4 aromatic rings. The predicted octanol–water partition coefficient (Wildman–Crippen LogP) is 2.10. The van der Waals surface area contributed by atoms with Crippen molar-refractivity contribution in [1.29, 1.82) is 0 Å². The number of benzene rings is 2. The van der Waals surface area contributed by atoms with E-state index in [9.17, 15) is 13.5 Å². The molecule has 2 aromatic carbocycles. The van der Waals surface area contributed by atoms with E-state index in [1.165, 1.54) is 18.3 Å². The van der Waals surface area contributed by atoms with Gasteiger partial charge in [0.2, 0.25) is 0 Å². The molecule has 0 spiro atoms. The number of rotatable bonds is 7. The first-order valence-electron chi connectivity index (χ1n) is 9.28. The number of aromatic nitrogens is 3. The summed E-state index contributed by atoms with van der Waals surface area (Å²) in [6.07, 6.45) is 0.453. The van der Waals surface area contributed by atoms with Gasteiger partial charge in [-0.25, -0.2) is 22.4 Å². The maximum atomic E-state index is 13.2. The van der Waals surface area contributed by atoms with Crippen LogP contribution in [0.25, 0.3) is 22.4 Å². The topological polar surface area (TPSA) is 117 Å². The molecule has 2 aromatic heterocycles. The molecule has 0 fully saturated rings. The molecular weight excluding hydrogens is 404 g/mol. The fourth-order valence-corrected chi connectivity index (χ4v) is 4.34. The second kappa shape index (κ2) is 8.23. The van der Waals surface area contributed by atoms with Gasteiger partial charge in [-0.1, -0.05) is 48.5 Å². The number of nitrogens with zero attached hydrogens (tertiary/aromatic N) is 3. The number of anilines is 1. The molecule has 0 aliphatic heterocycles. The normalized spacial score (nSPS) is 12.7. The van der Waals surface area contributed by atoms with Crippen molar-refractivity contribution in [2.75, 3.05) is 18.5 Å². The second-order valence-corrected chi connectivity index (χ2v) is 8.46. The molecule has 0 bridgehead atoms. The van der Waals surface area contributed by atoms with Gasteiger partial charge in [-0.3, -0.25) is 0 Å². The van der Waals surface area contributed by atoms with Gasteiger partial charge in [-0.05, 0) is 18.2 Å². The Hall–Kier alpha value is -3.27. The van der Waals surface area contributed by atoms with Crippen LogP contribution >= 0.6 is 0 Å². The molecule has 154 valence electrons. The van der Waals surface area contributed by atoms with Crippen LogP contribution in [0.3, 0.4) is 0 Å². The minimum atomic E-state index is -3.86. The van der Waals surface area contributed by atoms with Gasteiger partial charge in [0.15, 0.2) is 11.5 Å². The molecule has 0 radical (unpaired) electrons. The molecule has 2 heterocycles. The van der Waals surface area contributed by atoms with Gasteiger partial charge in [-0.2, -0.15) is 0 Å². The van der Waals surface area contributed by atoms with E-state index in [0.29, 0.717) is 17.0 Å². The van der Waals surface area contributed by atoms with Crippen molar-refractivity contribution in [3.05, 3.63) is 72.9 Å². The number of nitrogens with one attached hydrogen (secondary N) is 1. The smallest absolute Gasteiger partial charge is 0.269 e. The third kappa shape index (κ3) is 3.78. The van der Waals surface area contributed by atoms with Crippen LogP contribution in [0.4, 0.5) is 5.82 Å². The lowest BCUT2D eigenvalue weighted by Crippen LogP contribution is -2.23. The number of aliphatic hydroxyl groups is 2. The number of hydrogen-bond acceptors (Lipinski definition) is 7. The summed E-state index contributed by atoms with van der Waals surface area (Å²) in [5.41, 5.74) is 0.934. The fourth-order valence-electron chi connectivity index (χ4n) is 3.02. The predicted molar refractivity (Wildman–Crippen MR) is 114 cm³/mol. The van der Waals surface area contributed by atoms with Crippen LogP contribution in [-0.2, 0) is 10.0 Å². The highest BCUT2D eigenvalue weighted by Gasteiger charge is 2.22. The fraction of sp³-hybridized carbons (Fsp3) is 0.143. The van der Waals surface area contributed by atoms with E-state index in [1.54, 1.807) is 24.3 Å². The molecule has 9 heteroatoms. The van der Waals surface area contributed by atoms with E-state index >= 15 is 0 Å². The van der Waals surface area contributed by atoms with Crippen LogP contribution in [0.1, 0.15) is 0 Å². The van der Waals surface area contributed by atoms with Gasteiger partial charge in [0.05, 0.1) is 23.0 Å². The lowest BCUT2D eigenvalue weighted by atomic mass is 10.2. The van der Waals surface area contributed by atoms with Crippen LogP contribution < -0.4 is 5.32 Å². The van der Waals surface area contributed by atoms with Crippen molar-refractivity contribution in [1.82, 2.24) is 13.9 Å². The van der Waals surface area contributed by atoms with E-state index in [0.717, 1.165) is 9.54 Å². The largest absolute Gasteiger partial charge is 0.394 e. The van der Waals surface area contributed by atoms with Gasteiger partial charge < -0.3 is 15.5 Å². The van der Waals surface area contributed by atoms with Crippen LogP contribution in [0.2, 0.25) is 0 Å². The maximum Gasteiger partial charge on any atom is 0.269 e. The molecule has 0 saturated carbocycles. The first kappa shape index (κ1) is 20.0. The molecule has 3 N–H and O–H groups in total. The molecule has 0 aliphatic rings. The average molecular weight is 424 g/mol. The Morgan fingerprint density at radius 2 is 1.63 bits per heavy atom. The van der Waals surface area contributed by atoms with Gasteiger partial charge in [-0.15, -0.1) is 0 Å². The Morgan fingerprint density at radius 1 is 0.967 bits per heavy atom. The van der Waals surface area contributed by atoms with E-state index in [4.69, 9.17) is 5.11 Å². The Kier molecular flexibility index (Phi) is 5.49. The van der Waals surface area contributed by atoms with E-state index in [1.807, 2.05) is 30.3 Å². The second-order valence-electron chi connectivity index (χ2n) is 6.65. The minimum Gasteiger partial charge on any atom is -0.394 e. The van der Waals surface area contributed by atoms with Crippen molar-refractivity contribution in [3.8, 4) is 11.4 Å². The Morgan fingerprint density at radius 3 is 2.30 bits per heavy atom. The molecule has 0 saturated heterocycles. The highest BCUT2D eigenvalue weighted by molar-refractivity contribution is 7.90. The van der Waals surface area contributed by atoms with Gasteiger partial charge in [0.25, 0.3) is 10.0 Å². The van der Waals surface area contributed by atoms with Crippen LogP contribution in [0.5, 0.6) is 0 Å². The first-order valence-corrected chi connectivity index (χ1v) is 10.7.